The van der Waals surface area contributed by atoms with Crippen molar-refractivity contribution >= 4 is 17.8 Å². The second-order valence-electron chi connectivity index (χ2n) is 6.73. The summed E-state index contributed by atoms with van der Waals surface area (Å²) in [6.45, 7) is 4.39. The standard InChI is InChI=1S/C21H23N3O/c1-21(2)17-11-7-8-12-18(17)24(3)19(21)13-14-22-23-20(25)15-16-9-5-4-6-10-16/h4-14H,15H2,1-3H3,(H,23,25)/b19-13+,22-14-. The zero-order valence-electron chi connectivity index (χ0n) is 14.9. The Hall–Kier alpha value is -2.88. The van der Waals surface area contributed by atoms with Crippen LogP contribution in [-0.4, -0.2) is 19.2 Å². The summed E-state index contributed by atoms with van der Waals surface area (Å²) in [5.41, 5.74) is 7.12. The Morgan fingerprint density at radius 1 is 1.12 bits per heavy atom. The molecule has 0 radical (unpaired) electrons. The normalized spacial score (nSPS) is 17.1. The lowest BCUT2D eigenvalue weighted by atomic mass is 9.84. The molecule has 0 saturated heterocycles. The molecular formula is C21H23N3O. The molecule has 0 spiro atoms. The maximum atomic E-state index is 11.9. The number of rotatable bonds is 4. The van der Waals surface area contributed by atoms with Gasteiger partial charge in [-0.2, -0.15) is 5.10 Å². The minimum Gasteiger partial charge on any atom is -0.347 e. The Bertz CT molecular complexity index is 822. The van der Waals surface area contributed by atoms with Gasteiger partial charge in [-0.15, -0.1) is 0 Å². The predicted octanol–water partition coefficient (Wildman–Crippen LogP) is 3.64. The van der Waals surface area contributed by atoms with E-state index in [0.29, 0.717) is 6.42 Å². The first-order chi connectivity index (χ1) is 12.0. The average Bonchev–Trinajstić information content (AvgIpc) is 2.80. The molecule has 0 atom stereocenters. The van der Waals surface area contributed by atoms with E-state index in [4.69, 9.17) is 0 Å². The summed E-state index contributed by atoms with van der Waals surface area (Å²) in [4.78, 5) is 14.1. The van der Waals surface area contributed by atoms with Gasteiger partial charge in [0.1, 0.15) is 0 Å². The van der Waals surface area contributed by atoms with Gasteiger partial charge >= 0.3 is 0 Å². The van der Waals surface area contributed by atoms with Gasteiger partial charge in [0.15, 0.2) is 0 Å². The van der Waals surface area contributed by atoms with E-state index in [0.717, 1.165) is 11.3 Å². The molecule has 0 aromatic heterocycles. The number of likely N-dealkylation sites (N-methyl/N-ethyl adjacent to an activating group) is 1. The first-order valence-corrected chi connectivity index (χ1v) is 8.40. The van der Waals surface area contributed by atoms with Gasteiger partial charge in [-0.25, -0.2) is 5.43 Å². The van der Waals surface area contributed by atoms with Crippen LogP contribution in [0.5, 0.6) is 0 Å². The molecule has 0 fully saturated rings. The third-order valence-corrected chi connectivity index (χ3v) is 4.64. The van der Waals surface area contributed by atoms with Gasteiger partial charge in [-0.1, -0.05) is 62.4 Å². The van der Waals surface area contributed by atoms with E-state index >= 15 is 0 Å². The van der Waals surface area contributed by atoms with Gasteiger partial charge in [0, 0.05) is 30.1 Å². The number of carbonyl (C=O) groups excluding carboxylic acids is 1. The molecule has 0 saturated carbocycles. The number of para-hydroxylation sites is 1. The number of anilines is 1. The highest BCUT2D eigenvalue weighted by Crippen LogP contribution is 2.46. The zero-order valence-corrected chi connectivity index (χ0v) is 14.9. The van der Waals surface area contributed by atoms with Crippen LogP contribution in [-0.2, 0) is 16.6 Å². The van der Waals surface area contributed by atoms with Gasteiger partial charge in [0.05, 0.1) is 6.42 Å². The Morgan fingerprint density at radius 3 is 2.52 bits per heavy atom. The maximum absolute atomic E-state index is 11.9. The van der Waals surface area contributed by atoms with Crippen molar-refractivity contribution in [3.05, 3.63) is 77.5 Å². The summed E-state index contributed by atoms with van der Waals surface area (Å²) in [6, 6.07) is 18.0. The summed E-state index contributed by atoms with van der Waals surface area (Å²) in [5, 5.41) is 4.07. The van der Waals surface area contributed by atoms with Crippen molar-refractivity contribution in [1.29, 1.82) is 0 Å². The number of hydrazone groups is 1. The summed E-state index contributed by atoms with van der Waals surface area (Å²) in [7, 11) is 2.06. The highest BCUT2D eigenvalue weighted by molar-refractivity contribution is 5.82. The molecule has 25 heavy (non-hydrogen) atoms. The van der Waals surface area contributed by atoms with E-state index < -0.39 is 0 Å². The van der Waals surface area contributed by atoms with Crippen molar-refractivity contribution in [1.82, 2.24) is 5.43 Å². The van der Waals surface area contributed by atoms with Crippen LogP contribution < -0.4 is 10.3 Å². The molecule has 4 heteroatoms. The van der Waals surface area contributed by atoms with Crippen molar-refractivity contribution in [2.45, 2.75) is 25.7 Å². The van der Waals surface area contributed by atoms with Gasteiger partial charge in [0.25, 0.3) is 0 Å². The fourth-order valence-electron chi connectivity index (χ4n) is 3.34. The molecule has 0 unspecified atom stereocenters. The average molecular weight is 333 g/mol. The number of carbonyl (C=O) groups is 1. The summed E-state index contributed by atoms with van der Waals surface area (Å²) >= 11 is 0. The number of benzene rings is 2. The lowest BCUT2D eigenvalue weighted by molar-refractivity contribution is -0.120. The van der Waals surface area contributed by atoms with Crippen LogP contribution in [0.4, 0.5) is 5.69 Å². The maximum Gasteiger partial charge on any atom is 0.244 e. The molecule has 3 rings (SSSR count). The van der Waals surface area contributed by atoms with Gasteiger partial charge in [-0.3, -0.25) is 4.79 Å². The van der Waals surface area contributed by atoms with Crippen molar-refractivity contribution in [3.63, 3.8) is 0 Å². The third-order valence-electron chi connectivity index (χ3n) is 4.64. The van der Waals surface area contributed by atoms with Crippen molar-refractivity contribution in [3.8, 4) is 0 Å². The molecule has 1 N–H and O–H groups in total. The van der Waals surface area contributed by atoms with Crippen LogP contribution >= 0.6 is 0 Å². The second kappa shape index (κ2) is 6.93. The fourth-order valence-corrected chi connectivity index (χ4v) is 3.34. The molecule has 128 valence electrons. The van der Waals surface area contributed by atoms with E-state index in [1.807, 2.05) is 42.5 Å². The van der Waals surface area contributed by atoms with Crippen LogP contribution in [0.2, 0.25) is 0 Å². The van der Waals surface area contributed by atoms with Crippen molar-refractivity contribution in [2.24, 2.45) is 5.10 Å². The predicted molar refractivity (Wildman–Crippen MR) is 103 cm³/mol. The van der Waals surface area contributed by atoms with Crippen molar-refractivity contribution < 1.29 is 4.79 Å². The van der Waals surface area contributed by atoms with E-state index in [1.54, 1.807) is 6.21 Å². The number of nitrogens with zero attached hydrogens (tertiary/aromatic N) is 2. The summed E-state index contributed by atoms with van der Waals surface area (Å²) in [6.07, 6.45) is 3.94. The van der Waals surface area contributed by atoms with Crippen LogP contribution in [0.1, 0.15) is 25.0 Å². The summed E-state index contributed by atoms with van der Waals surface area (Å²) < 4.78 is 0. The van der Waals surface area contributed by atoms with Crippen LogP contribution in [0.3, 0.4) is 0 Å². The number of allylic oxidation sites excluding steroid dienone is 2. The van der Waals surface area contributed by atoms with Gasteiger partial charge in [-0.05, 0) is 23.3 Å². The first-order valence-electron chi connectivity index (χ1n) is 8.40. The Morgan fingerprint density at radius 2 is 1.80 bits per heavy atom. The van der Waals surface area contributed by atoms with E-state index in [-0.39, 0.29) is 11.3 Å². The lowest BCUT2D eigenvalue weighted by Gasteiger charge is -2.23. The van der Waals surface area contributed by atoms with E-state index in [2.05, 4.69) is 54.5 Å². The molecule has 1 amide bonds. The molecule has 1 aliphatic rings. The number of hydrogen-bond donors (Lipinski definition) is 1. The Kier molecular flexibility index (Phi) is 4.70. The van der Waals surface area contributed by atoms with Crippen LogP contribution in [0, 0.1) is 0 Å². The molecule has 1 heterocycles. The van der Waals surface area contributed by atoms with Gasteiger partial charge in [0.2, 0.25) is 5.91 Å². The molecular weight excluding hydrogens is 310 g/mol. The molecule has 0 bridgehead atoms. The summed E-state index contributed by atoms with van der Waals surface area (Å²) in [5.74, 6) is -0.122. The number of amides is 1. The first kappa shape index (κ1) is 17.0. The minimum atomic E-state index is -0.122. The van der Waals surface area contributed by atoms with Crippen LogP contribution in [0.25, 0.3) is 0 Å². The molecule has 2 aromatic rings. The van der Waals surface area contributed by atoms with E-state index in [1.165, 1.54) is 11.3 Å². The van der Waals surface area contributed by atoms with Crippen molar-refractivity contribution in [2.75, 3.05) is 11.9 Å². The molecule has 0 aliphatic carbocycles. The molecule has 4 nitrogen and oxygen atoms in total. The topological polar surface area (TPSA) is 44.7 Å². The zero-order chi connectivity index (χ0) is 17.9. The van der Waals surface area contributed by atoms with Crippen LogP contribution in [0.15, 0.2) is 71.5 Å². The lowest BCUT2D eigenvalue weighted by Crippen LogP contribution is -2.23. The number of nitrogens with one attached hydrogen (secondary N) is 1. The third kappa shape index (κ3) is 3.48. The SMILES string of the molecule is CN1/C(=C/C=N\NC(=O)Cc2ccccc2)C(C)(C)c2ccccc21. The largest absolute Gasteiger partial charge is 0.347 e. The van der Waals surface area contributed by atoms with Gasteiger partial charge < -0.3 is 4.90 Å². The highest BCUT2D eigenvalue weighted by Gasteiger charge is 2.37. The second-order valence-corrected chi connectivity index (χ2v) is 6.73. The molecule has 2 aromatic carbocycles. The smallest absolute Gasteiger partial charge is 0.244 e. The monoisotopic (exact) mass is 333 g/mol. The molecule has 1 aliphatic heterocycles. The van der Waals surface area contributed by atoms with E-state index in [9.17, 15) is 4.79 Å². The quantitative estimate of drug-likeness (QED) is 0.686. The highest BCUT2D eigenvalue weighted by atomic mass is 16.2. The minimum absolute atomic E-state index is 0.0919. The Labute approximate surface area is 148 Å². The Balaban J connectivity index is 1.66. The number of hydrogen-bond acceptors (Lipinski definition) is 3. The number of fused-ring (bicyclic) bond motifs is 1. The fraction of sp³-hybridized carbons (Fsp3) is 0.238.